The molecule has 106 valence electrons. The van der Waals surface area contributed by atoms with E-state index in [2.05, 4.69) is 10.3 Å². The second-order valence-electron chi connectivity index (χ2n) is 4.54. The van der Waals surface area contributed by atoms with Crippen LogP contribution in [-0.4, -0.2) is 24.1 Å². The molecule has 1 unspecified atom stereocenters. The number of nitrogens with one attached hydrogen (secondary N) is 1. The van der Waals surface area contributed by atoms with Crippen molar-refractivity contribution in [2.75, 3.05) is 13.2 Å². The maximum absolute atomic E-state index is 11.8. The van der Waals surface area contributed by atoms with E-state index in [1.807, 2.05) is 44.2 Å². The van der Waals surface area contributed by atoms with Gasteiger partial charge in [-0.2, -0.15) is 0 Å². The van der Waals surface area contributed by atoms with Crippen LogP contribution in [0.5, 0.6) is 0 Å². The lowest BCUT2D eigenvalue weighted by molar-refractivity contribution is -0.143. The number of aromatic nitrogens is 1. The van der Waals surface area contributed by atoms with Gasteiger partial charge in [-0.05, 0) is 25.1 Å². The Morgan fingerprint density at radius 1 is 1.30 bits per heavy atom. The molecule has 20 heavy (non-hydrogen) atoms. The highest BCUT2D eigenvalue weighted by Crippen LogP contribution is 2.25. The first-order valence-corrected chi connectivity index (χ1v) is 6.99. The first kappa shape index (κ1) is 14.5. The molecular formula is C16H20N2O2. The molecule has 1 atom stereocenters. The van der Waals surface area contributed by atoms with Crippen LogP contribution in [0.1, 0.15) is 31.9 Å². The Morgan fingerprint density at radius 2 is 2.10 bits per heavy atom. The molecule has 0 bridgehead atoms. The van der Waals surface area contributed by atoms with Crippen LogP contribution in [0.4, 0.5) is 0 Å². The number of hydrogen-bond acceptors (Lipinski definition) is 4. The standard InChI is InChI=1S/C16H20N2O2/c1-3-17-14(11-15(19)20-4-2)13-9-5-7-12-8-6-10-18-16(12)13/h5-10,14,17H,3-4,11H2,1-2H3. The van der Waals surface area contributed by atoms with Crippen LogP contribution in [0.2, 0.25) is 0 Å². The molecule has 0 saturated carbocycles. The van der Waals surface area contributed by atoms with Crippen molar-refractivity contribution in [2.24, 2.45) is 0 Å². The molecule has 1 heterocycles. The second kappa shape index (κ2) is 7.01. The van der Waals surface area contributed by atoms with E-state index in [0.29, 0.717) is 13.0 Å². The molecule has 0 aliphatic carbocycles. The Labute approximate surface area is 119 Å². The summed E-state index contributed by atoms with van der Waals surface area (Å²) in [7, 11) is 0. The van der Waals surface area contributed by atoms with E-state index in [0.717, 1.165) is 23.0 Å². The number of rotatable bonds is 6. The summed E-state index contributed by atoms with van der Waals surface area (Å²) in [6.07, 6.45) is 2.09. The molecule has 1 N–H and O–H groups in total. The Hall–Kier alpha value is -1.94. The molecule has 2 rings (SSSR count). The van der Waals surface area contributed by atoms with Gasteiger partial charge in [-0.1, -0.05) is 31.2 Å². The highest BCUT2D eigenvalue weighted by molar-refractivity contribution is 5.82. The summed E-state index contributed by atoms with van der Waals surface area (Å²) in [5.41, 5.74) is 1.98. The molecule has 0 spiro atoms. The van der Waals surface area contributed by atoms with E-state index < -0.39 is 0 Å². The zero-order valence-electron chi connectivity index (χ0n) is 11.9. The van der Waals surface area contributed by atoms with E-state index in [1.54, 1.807) is 6.20 Å². The number of hydrogen-bond donors (Lipinski definition) is 1. The lowest BCUT2D eigenvalue weighted by Crippen LogP contribution is -2.25. The SMILES string of the molecule is CCNC(CC(=O)OCC)c1cccc2cccnc12. The minimum absolute atomic E-state index is 0.0716. The summed E-state index contributed by atoms with van der Waals surface area (Å²) < 4.78 is 5.05. The Bertz CT molecular complexity index is 578. The van der Waals surface area contributed by atoms with Gasteiger partial charge < -0.3 is 10.1 Å². The fourth-order valence-corrected chi connectivity index (χ4v) is 2.33. The Balaban J connectivity index is 2.33. The van der Waals surface area contributed by atoms with Crippen LogP contribution in [0.25, 0.3) is 10.9 Å². The molecule has 0 aliphatic rings. The molecule has 0 radical (unpaired) electrons. The number of ether oxygens (including phenoxy) is 1. The predicted octanol–water partition coefficient (Wildman–Crippen LogP) is 2.84. The van der Waals surface area contributed by atoms with Gasteiger partial charge in [0.1, 0.15) is 0 Å². The third-order valence-corrected chi connectivity index (χ3v) is 3.17. The number of esters is 1. The fraction of sp³-hybridized carbons (Fsp3) is 0.375. The maximum Gasteiger partial charge on any atom is 0.307 e. The molecule has 1 aromatic carbocycles. The van der Waals surface area contributed by atoms with Crippen LogP contribution in [0.15, 0.2) is 36.5 Å². The van der Waals surface area contributed by atoms with E-state index in [-0.39, 0.29) is 12.0 Å². The highest BCUT2D eigenvalue weighted by atomic mass is 16.5. The highest BCUT2D eigenvalue weighted by Gasteiger charge is 2.18. The number of fused-ring (bicyclic) bond motifs is 1. The zero-order chi connectivity index (χ0) is 14.4. The third-order valence-electron chi connectivity index (χ3n) is 3.17. The summed E-state index contributed by atoms with van der Waals surface area (Å²) in [6.45, 7) is 5.04. The molecule has 4 heteroatoms. The Kier molecular flexibility index (Phi) is 5.07. The van der Waals surface area contributed by atoms with E-state index in [9.17, 15) is 4.79 Å². The van der Waals surface area contributed by atoms with E-state index in [4.69, 9.17) is 4.74 Å². The van der Waals surface area contributed by atoms with Crippen LogP contribution in [0.3, 0.4) is 0 Å². The lowest BCUT2D eigenvalue weighted by atomic mass is 10.00. The maximum atomic E-state index is 11.8. The van der Waals surface area contributed by atoms with Crippen LogP contribution in [-0.2, 0) is 9.53 Å². The first-order chi connectivity index (χ1) is 9.76. The summed E-state index contributed by atoms with van der Waals surface area (Å²) in [5, 5.41) is 4.42. The molecule has 1 aromatic heterocycles. The molecule has 0 amide bonds. The summed E-state index contributed by atoms with van der Waals surface area (Å²) in [5.74, 6) is -0.189. The smallest absolute Gasteiger partial charge is 0.307 e. The number of para-hydroxylation sites is 1. The largest absolute Gasteiger partial charge is 0.466 e. The van der Waals surface area contributed by atoms with Gasteiger partial charge in [-0.15, -0.1) is 0 Å². The minimum atomic E-state index is -0.189. The van der Waals surface area contributed by atoms with Crippen molar-refractivity contribution >= 4 is 16.9 Å². The first-order valence-electron chi connectivity index (χ1n) is 6.99. The zero-order valence-corrected chi connectivity index (χ0v) is 11.9. The van der Waals surface area contributed by atoms with Crippen LogP contribution >= 0.6 is 0 Å². The average molecular weight is 272 g/mol. The van der Waals surface area contributed by atoms with Crippen LogP contribution in [0, 0.1) is 0 Å². The van der Waals surface area contributed by atoms with Gasteiger partial charge in [0.15, 0.2) is 0 Å². The number of carbonyl (C=O) groups excluding carboxylic acids is 1. The van der Waals surface area contributed by atoms with E-state index in [1.165, 1.54) is 0 Å². The number of nitrogens with zero attached hydrogens (tertiary/aromatic N) is 1. The van der Waals surface area contributed by atoms with Gasteiger partial charge >= 0.3 is 5.97 Å². The topological polar surface area (TPSA) is 51.2 Å². The fourth-order valence-electron chi connectivity index (χ4n) is 2.33. The van der Waals surface area contributed by atoms with Crippen LogP contribution < -0.4 is 5.32 Å². The van der Waals surface area contributed by atoms with Gasteiger partial charge in [0.2, 0.25) is 0 Å². The molecule has 2 aromatic rings. The van der Waals surface area contributed by atoms with Crippen molar-refractivity contribution in [3.8, 4) is 0 Å². The van der Waals surface area contributed by atoms with Crippen molar-refractivity contribution in [3.63, 3.8) is 0 Å². The molecule has 4 nitrogen and oxygen atoms in total. The summed E-state index contributed by atoms with van der Waals surface area (Å²) >= 11 is 0. The second-order valence-corrected chi connectivity index (χ2v) is 4.54. The third kappa shape index (κ3) is 3.33. The minimum Gasteiger partial charge on any atom is -0.466 e. The molecule has 0 aliphatic heterocycles. The quantitative estimate of drug-likeness (QED) is 0.822. The Morgan fingerprint density at radius 3 is 2.85 bits per heavy atom. The average Bonchev–Trinajstić information content (AvgIpc) is 2.46. The van der Waals surface area contributed by atoms with Crippen molar-refractivity contribution in [1.82, 2.24) is 10.3 Å². The summed E-state index contributed by atoms with van der Waals surface area (Å²) in [4.78, 5) is 16.2. The van der Waals surface area contributed by atoms with Gasteiger partial charge in [-0.25, -0.2) is 0 Å². The van der Waals surface area contributed by atoms with Gasteiger partial charge in [-0.3, -0.25) is 9.78 Å². The molecule has 0 saturated heterocycles. The summed E-state index contributed by atoms with van der Waals surface area (Å²) in [6, 6.07) is 9.91. The van der Waals surface area contributed by atoms with Crippen molar-refractivity contribution in [3.05, 3.63) is 42.1 Å². The van der Waals surface area contributed by atoms with Gasteiger partial charge in [0, 0.05) is 17.6 Å². The predicted molar refractivity (Wildman–Crippen MR) is 79.4 cm³/mol. The normalized spacial score (nSPS) is 12.3. The van der Waals surface area contributed by atoms with Crippen molar-refractivity contribution < 1.29 is 9.53 Å². The molecule has 0 fully saturated rings. The van der Waals surface area contributed by atoms with Gasteiger partial charge in [0.05, 0.1) is 18.5 Å². The molecular weight excluding hydrogens is 252 g/mol. The lowest BCUT2D eigenvalue weighted by Gasteiger charge is -2.18. The monoisotopic (exact) mass is 272 g/mol. The number of carbonyl (C=O) groups is 1. The van der Waals surface area contributed by atoms with Crippen molar-refractivity contribution in [1.29, 1.82) is 0 Å². The number of benzene rings is 1. The number of pyridine rings is 1. The van der Waals surface area contributed by atoms with Gasteiger partial charge in [0.25, 0.3) is 0 Å². The van der Waals surface area contributed by atoms with Crippen molar-refractivity contribution in [2.45, 2.75) is 26.3 Å². The van der Waals surface area contributed by atoms with E-state index >= 15 is 0 Å².